The zero-order valence-electron chi connectivity index (χ0n) is 21.5. The van der Waals surface area contributed by atoms with Crippen molar-refractivity contribution in [1.82, 2.24) is 9.55 Å². The Bertz CT molecular complexity index is 2020. The third-order valence-electron chi connectivity index (χ3n) is 8.03. The van der Waals surface area contributed by atoms with E-state index >= 15 is 0 Å². The molecule has 7 aromatic rings. The summed E-state index contributed by atoms with van der Waals surface area (Å²) in [5.74, 6) is 1.04. The Hall–Kier alpha value is -4.95. The van der Waals surface area contributed by atoms with Crippen LogP contribution < -0.4 is 0 Å². The van der Waals surface area contributed by atoms with Crippen LogP contribution in [0.4, 0.5) is 0 Å². The SMILES string of the molecule is C1=Cc2nc(-c3cccc(-c4c5ccccc5c(-c5ccc6ccccc6c5)c5ccccc45)c3)cn2CC1. The summed E-state index contributed by atoms with van der Waals surface area (Å²) in [5.41, 5.74) is 7.20. The summed E-state index contributed by atoms with van der Waals surface area (Å²) in [6, 6.07) is 42.1. The first-order valence-corrected chi connectivity index (χ1v) is 13.6. The minimum absolute atomic E-state index is 0.990. The molecule has 1 aromatic heterocycles. The van der Waals surface area contributed by atoms with Gasteiger partial charge >= 0.3 is 0 Å². The summed E-state index contributed by atoms with van der Waals surface area (Å²) in [6.07, 6.45) is 7.59. The van der Waals surface area contributed by atoms with Crippen molar-refractivity contribution in [2.75, 3.05) is 0 Å². The van der Waals surface area contributed by atoms with Crippen LogP contribution in [0.1, 0.15) is 12.2 Å². The van der Waals surface area contributed by atoms with E-state index in [0.29, 0.717) is 0 Å². The zero-order valence-corrected chi connectivity index (χ0v) is 21.5. The van der Waals surface area contributed by atoms with Crippen LogP contribution in [-0.2, 0) is 6.54 Å². The topological polar surface area (TPSA) is 17.8 Å². The van der Waals surface area contributed by atoms with Gasteiger partial charge in [0.15, 0.2) is 0 Å². The molecule has 0 amide bonds. The second-order valence-electron chi connectivity index (χ2n) is 10.4. The maximum absolute atomic E-state index is 4.94. The largest absolute Gasteiger partial charge is 0.331 e. The molecule has 1 aliphatic rings. The number of fused-ring (bicyclic) bond motifs is 4. The van der Waals surface area contributed by atoms with E-state index in [-0.39, 0.29) is 0 Å². The van der Waals surface area contributed by atoms with Crippen molar-refractivity contribution < 1.29 is 0 Å². The highest BCUT2D eigenvalue weighted by Gasteiger charge is 2.18. The summed E-state index contributed by atoms with van der Waals surface area (Å²) < 4.78 is 2.26. The molecule has 6 aromatic carbocycles. The van der Waals surface area contributed by atoms with Crippen LogP contribution in [0.3, 0.4) is 0 Å². The van der Waals surface area contributed by atoms with E-state index in [0.717, 1.165) is 30.0 Å². The standard InChI is InChI=1S/C37H26N2/c1-2-11-26-22-29(20-19-25(26)10-1)37-32-16-5-3-14-30(32)36(31-15-4-6-17-33(31)37)28-13-9-12-27(23-28)34-24-39-21-8-7-18-35(39)38-34/h1-7,9-20,22-24H,8,21H2. The molecule has 0 unspecified atom stereocenters. The highest BCUT2D eigenvalue weighted by Crippen LogP contribution is 2.44. The van der Waals surface area contributed by atoms with Crippen LogP contribution in [0.25, 0.3) is 71.9 Å². The second-order valence-corrected chi connectivity index (χ2v) is 10.4. The second kappa shape index (κ2) is 8.82. The lowest BCUT2D eigenvalue weighted by molar-refractivity contribution is 0.689. The number of aromatic nitrogens is 2. The number of hydrogen-bond acceptors (Lipinski definition) is 1. The molecule has 8 rings (SSSR count). The van der Waals surface area contributed by atoms with Crippen molar-refractivity contribution in [1.29, 1.82) is 0 Å². The molecule has 39 heavy (non-hydrogen) atoms. The first-order chi connectivity index (χ1) is 19.3. The van der Waals surface area contributed by atoms with Gasteiger partial charge in [0.05, 0.1) is 5.69 Å². The van der Waals surface area contributed by atoms with Crippen molar-refractivity contribution >= 4 is 38.4 Å². The molecule has 2 heterocycles. The van der Waals surface area contributed by atoms with Gasteiger partial charge in [-0.15, -0.1) is 0 Å². The minimum Gasteiger partial charge on any atom is -0.331 e. The molecule has 0 atom stereocenters. The fourth-order valence-corrected chi connectivity index (χ4v) is 6.21. The molecule has 0 spiro atoms. The highest BCUT2D eigenvalue weighted by atomic mass is 15.1. The van der Waals surface area contributed by atoms with Gasteiger partial charge in [0.2, 0.25) is 0 Å². The molecular weight excluding hydrogens is 472 g/mol. The molecule has 2 nitrogen and oxygen atoms in total. The molecule has 0 fully saturated rings. The summed E-state index contributed by atoms with van der Waals surface area (Å²) in [7, 11) is 0. The average Bonchev–Trinajstić information content (AvgIpc) is 3.44. The van der Waals surface area contributed by atoms with E-state index in [4.69, 9.17) is 4.98 Å². The number of nitrogens with zero attached hydrogens (tertiary/aromatic N) is 2. The number of aryl methyl sites for hydroxylation is 1. The summed E-state index contributed by atoms with van der Waals surface area (Å²) in [4.78, 5) is 4.94. The van der Waals surface area contributed by atoms with Gasteiger partial charge in [0, 0.05) is 18.3 Å². The molecule has 0 bridgehead atoms. The Morgan fingerprint density at radius 3 is 1.85 bits per heavy atom. The molecule has 0 saturated heterocycles. The van der Waals surface area contributed by atoms with E-state index in [1.165, 1.54) is 54.6 Å². The number of allylic oxidation sites excluding steroid dienone is 1. The van der Waals surface area contributed by atoms with Gasteiger partial charge in [-0.05, 0) is 79.2 Å². The molecule has 2 heteroatoms. The van der Waals surface area contributed by atoms with Crippen LogP contribution in [0.2, 0.25) is 0 Å². The monoisotopic (exact) mass is 498 g/mol. The molecule has 0 saturated carbocycles. The number of imidazole rings is 1. The van der Waals surface area contributed by atoms with E-state index in [1.54, 1.807) is 0 Å². The average molecular weight is 499 g/mol. The van der Waals surface area contributed by atoms with Gasteiger partial charge in [-0.1, -0.05) is 109 Å². The smallest absolute Gasteiger partial charge is 0.133 e. The maximum Gasteiger partial charge on any atom is 0.133 e. The normalized spacial score (nSPS) is 12.8. The number of rotatable bonds is 3. The lowest BCUT2D eigenvalue weighted by Gasteiger charge is -2.18. The van der Waals surface area contributed by atoms with Crippen molar-refractivity contribution in [2.45, 2.75) is 13.0 Å². The Kier molecular flexibility index (Phi) is 4.99. The van der Waals surface area contributed by atoms with Crippen molar-refractivity contribution in [3.8, 4) is 33.5 Å². The summed E-state index contributed by atoms with van der Waals surface area (Å²) in [6.45, 7) is 0.990. The van der Waals surface area contributed by atoms with Crippen molar-refractivity contribution in [2.24, 2.45) is 0 Å². The van der Waals surface area contributed by atoms with Crippen LogP contribution >= 0.6 is 0 Å². The first-order valence-electron chi connectivity index (χ1n) is 13.6. The van der Waals surface area contributed by atoms with Crippen molar-refractivity contribution in [3.63, 3.8) is 0 Å². The van der Waals surface area contributed by atoms with Crippen LogP contribution in [-0.4, -0.2) is 9.55 Å². The Labute approximate surface area is 227 Å². The summed E-state index contributed by atoms with van der Waals surface area (Å²) >= 11 is 0. The predicted octanol–water partition coefficient (Wildman–Crippen LogP) is 9.76. The summed E-state index contributed by atoms with van der Waals surface area (Å²) in [5, 5.41) is 7.61. The van der Waals surface area contributed by atoms with Gasteiger partial charge in [0.1, 0.15) is 5.82 Å². The quantitative estimate of drug-likeness (QED) is 0.222. The van der Waals surface area contributed by atoms with Gasteiger partial charge < -0.3 is 4.57 Å². The third-order valence-corrected chi connectivity index (χ3v) is 8.03. The van der Waals surface area contributed by atoms with E-state index in [2.05, 4.69) is 138 Å². The van der Waals surface area contributed by atoms with Gasteiger partial charge in [-0.25, -0.2) is 4.98 Å². The Balaban J connectivity index is 1.39. The Morgan fingerprint density at radius 1 is 0.538 bits per heavy atom. The van der Waals surface area contributed by atoms with Gasteiger partial charge in [0.25, 0.3) is 0 Å². The minimum atomic E-state index is 0.990. The Morgan fingerprint density at radius 2 is 1.15 bits per heavy atom. The molecule has 0 N–H and O–H groups in total. The number of benzene rings is 6. The lowest BCUT2D eigenvalue weighted by atomic mass is 9.85. The molecular formula is C37H26N2. The molecule has 1 aliphatic heterocycles. The van der Waals surface area contributed by atoms with E-state index in [1.807, 2.05) is 0 Å². The van der Waals surface area contributed by atoms with E-state index < -0.39 is 0 Å². The van der Waals surface area contributed by atoms with E-state index in [9.17, 15) is 0 Å². The van der Waals surface area contributed by atoms with Crippen molar-refractivity contribution in [3.05, 3.63) is 133 Å². The zero-order chi connectivity index (χ0) is 25.8. The van der Waals surface area contributed by atoms with Gasteiger partial charge in [-0.2, -0.15) is 0 Å². The van der Waals surface area contributed by atoms with Gasteiger partial charge in [-0.3, -0.25) is 0 Å². The van der Waals surface area contributed by atoms with Crippen LogP contribution in [0.15, 0.2) is 128 Å². The highest BCUT2D eigenvalue weighted by molar-refractivity contribution is 6.21. The maximum atomic E-state index is 4.94. The third kappa shape index (κ3) is 3.60. The van der Waals surface area contributed by atoms with Crippen LogP contribution in [0.5, 0.6) is 0 Å². The first kappa shape index (κ1) is 22.1. The fourth-order valence-electron chi connectivity index (χ4n) is 6.21. The number of hydrogen-bond donors (Lipinski definition) is 0. The lowest BCUT2D eigenvalue weighted by Crippen LogP contribution is -2.01. The van der Waals surface area contributed by atoms with Crippen LogP contribution in [0, 0.1) is 0 Å². The molecule has 0 radical (unpaired) electrons. The molecule has 184 valence electrons. The fraction of sp³-hybridized carbons (Fsp3) is 0.0541. The predicted molar refractivity (Wildman–Crippen MR) is 165 cm³/mol. The molecule has 0 aliphatic carbocycles.